The van der Waals surface area contributed by atoms with E-state index in [1.54, 1.807) is 24.3 Å². The molecule has 0 saturated carbocycles. The Bertz CT molecular complexity index is 406. The van der Waals surface area contributed by atoms with Gasteiger partial charge in [0, 0.05) is 13.0 Å². The Hall–Kier alpha value is -2.15. The highest BCUT2D eigenvalue weighted by atomic mass is 16.5. The Morgan fingerprint density at radius 3 is 2.44 bits per heavy atom. The van der Waals surface area contributed by atoms with Gasteiger partial charge in [-0.25, -0.2) is 0 Å². The van der Waals surface area contributed by atoms with E-state index in [2.05, 4.69) is 11.2 Å². The standard InChI is InChI=1S/C14H17NO3/c1-3-5-10-15-14(16)11-18-13-8-6-12(7-9-13)17-4-2/h1,6-9H,4-5,10-11H2,2H3,(H,15,16). The predicted molar refractivity (Wildman–Crippen MR) is 69.6 cm³/mol. The van der Waals surface area contributed by atoms with Gasteiger partial charge in [0.15, 0.2) is 6.61 Å². The molecule has 0 aliphatic heterocycles. The van der Waals surface area contributed by atoms with Crippen molar-refractivity contribution in [3.63, 3.8) is 0 Å². The molecule has 96 valence electrons. The van der Waals surface area contributed by atoms with Gasteiger partial charge < -0.3 is 14.8 Å². The van der Waals surface area contributed by atoms with Gasteiger partial charge in [-0.3, -0.25) is 4.79 Å². The summed E-state index contributed by atoms with van der Waals surface area (Å²) < 4.78 is 10.6. The van der Waals surface area contributed by atoms with E-state index >= 15 is 0 Å². The third-order valence-electron chi connectivity index (χ3n) is 2.10. The average molecular weight is 247 g/mol. The van der Waals surface area contributed by atoms with Crippen LogP contribution in [0.5, 0.6) is 11.5 Å². The largest absolute Gasteiger partial charge is 0.494 e. The summed E-state index contributed by atoms with van der Waals surface area (Å²) >= 11 is 0. The van der Waals surface area contributed by atoms with Gasteiger partial charge in [-0.05, 0) is 31.2 Å². The number of amides is 1. The number of ether oxygens (including phenoxy) is 2. The summed E-state index contributed by atoms with van der Waals surface area (Å²) in [5.41, 5.74) is 0. The van der Waals surface area contributed by atoms with Crippen LogP contribution in [0.25, 0.3) is 0 Å². The highest BCUT2D eigenvalue weighted by molar-refractivity contribution is 5.77. The molecule has 18 heavy (non-hydrogen) atoms. The van der Waals surface area contributed by atoms with Crippen molar-refractivity contribution in [2.45, 2.75) is 13.3 Å². The minimum absolute atomic E-state index is 0.0153. The zero-order valence-corrected chi connectivity index (χ0v) is 10.4. The van der Waals surface area contributed by atoms with Gasteiger partial charge in [0.25, 0.3) is 5.91 Å². The van der Waals surface area contributed by atoms with Gasteiger partial charge in [-0.2, -0.15) is 0 Å². The van der Waals surface area contributed by atoms with Crippen molar-refractivity contribution < 1.29 is 14.3 Å². The van der Waals surface area contributed by atoms with Crippen LogP contribution in [0.4, 0.5) is 0 Å². The first-order valence-electron chi connectivity index (χ1n) is 5.82. The fourth-order valence-electron chi connectivity index (χ4n) is 1.27. The maximum Gasteiger partial charge on any atom is 0.257 e. The maximum absolute atomic E-state index is 11.3. The van der Waals surface area contributed by atoms with Gasteiger partial charge in [-0.15, -0.1) is 12.3 Å². The molecule has 0 unspecified atom stereocenters. The van der Waals surface area contributed by atoms with E-state index in [1.807, 2.05) is 6.92 Å². The van der Waals surface area contributed by atoms with Gasteiger partial charge in [0.2, 0.25) is 0 Å². The summed E-state index contributed by atoms with van der Waals surface area (Å²) in [4.78, 5) is 11.3. The highest BCUT2D eigenvalue weighted by Gasteiger charge is 2.01. The first-order valence-corrected chi connectivity index (χ1v) is 5.82. The van der Waals surface area contributed by atoms with E-state index in [0.29, 0.717) is 25.3 Å². The van der Waals surface area contributed by atoms with E-state index in [-0.39, 0.29) is 12.5 Å². The van der Waals surface area contributed by atoms with Gasteiger partial charge in [0.05, 0.1) is 6.61 Å². The Kier molecular flexibility index (Phi) is 6.20. The summed E-state index contributed by atoms with van der Waals surface area (Å²) in [6, 6.07) is 7.13. The Balaban J connectivity index is 2.30. The summed E-state index contributed by atoms with van der Waals surface area (Å²) in [5.74, 6) is 3.68. The molecule has 1 N–H and O–H groups in total. The third kappa shape index (κ3) is 5.26. The van der Waals surface area contributed by atoms with Crippen LogP contribution in [0.3, 0.4) is 0 Å². The van der Waals surface area contributed by atoms with E-state index in [1.165, 1.54) is 0 Å². The summed E-state index contributed by atoms with van der Waals surface area (Å²) in [6.45, 7) is 3.00. The second kappa shape index (κ2) is 8.02. The lowest BCUT2D eigenvalue weighted by Gasteiger charge is -2.07. The molecule has 0 aromatic heterocycles. The zero-order valence-electron chi connectivity index (χ0n) is 10.4. The molecule has 1 aromatic carbocycles. The number of benzene rings is 1. The quantitative estimate of drug-likeness (QED) is 0.588. The molecule has 0 aliphatic carbocycles. The zero-order chi connectivity index (χ0) is 13.2. The van der Waals surface area contributed by atoms with E-state index in [0.717, 1.165) is 5.75 Å². The molecule has 0 atom stereocenters. The van der Waals surface area contributed by atoms with Crippen molar-refractivity contribution in [2.75, 3.05) is 19.8 Å². The lowest BCUT2D eigenvalue weighted by molar-refractivity contribution is -0.123. The number of carbonyl (C=O) groups is 1. The highest BCUT2D eigenvalue weighted by Crippen LogP contribution is 2.17. The van der Waals surface area contributed by atoms with Crippen molar-refractivity contribution in [1.82, 2.24) is 5.32 Å². The Labute approximate surface area is 107 Å². The minimum atomic E-state index is -0.181. The molecule has 0 bridgehead atoms. The van der Waals surface area contributed by atoms with Crippen molar-refractivity contribution in [3.05, 3.63) is 24.3 Å². The average Bonchev–Trinajstić information content (AvgIpc) is 2.39. The molecule has 0 saturated heterocycles. The topological polar surface area (TPSA) is 47.6 Å². The van der Waals surface area contributed by atoms with Crippen LogP contribution in [-0.2, 0) is 4.79 Å². The number of carbonyl (C=O) groups excluding carboxylic acids is 1. The molecule has 4 nitrogen and oxygen atoms in total. The number of nitrogens with one attached hydrogen (secondary N) is 1. The Morgan fingerprint density at radius 2 is 1.89 bits per heavy atom. The van der Waals surface area contributed by atoms with Crippen molar-refractivity contribution >= 4 is 5.91 Å². The lowest BCUT2D eigenvalue weighted by atomic mass is 10.3. The fraction of sp³-hybridized carbons (Fsp3) is 0.357. The molecule has 4 heteroatoms. The minimum Gasteiger partial charge on any atom is -0.494 e. The fourth-order valence-corrected chi connectivity index (χ4v) is 1.27. The maximum atomic E-state index is 11.3. The van der Waals surface area contributed by atoms with Crippen LogP contribution >= 0.6 is 0 Å². The number of rotatable bonds is 7. The summed E-state index contributed by atoms with van der Waals surface area (Å²) in [5, 5.41) is 2.65. The molecular weight excluding hydrogens is 230 g/mol. The van der Waals surface area contributed by atoms with E-state index in [4.69, 9.17) is 15.9 Å². The van der Waals surface area contributed by atoms with Crippen LogP contribution in [0.1, 0.15) is 13.3 Å². The number of hydrogen-bond donors (Lipinski definition) is 1. The number of terminal acetylenes is 1. The predicted octanol–water partition coefficient (Wildman–Crippen LogP) is 1.60. The molecule has 0 heterocycles. The first kappa shape index (κ1) is 13.9. The first-order chi connectivity index (χ1) is 8.76. The van der Waals surface area contributed by atoms with Crippen molar-refractivity contribution in [1.29, 1.82) is 0 Å². The van der Waals surface area contributed by atoms with Crippen LogP contribution in [-0.4, -0.2) is 25.7 Å². The van der Waals surface area contributed by atoms with Crippen molar-refractivity contribution in [3.8, 4) is 23.8 Å². The van der Waals surface area contributed by atoms with Gasteiger partial charge >= 0.3 is 0 Å². The smallest absolute Gasteiger partial charge is 0.257 e. The monoisotopic (exact) mass is 247 g/mol. The van der Waals surface area contributed by atoms with Crippen LogP contribution < -0.4 is 14.8 Å². The Morgan fingerprint density at radius 1 is 1.28 bits per heavy atom. The second-order valence-corrected chi connectivity index (χ2v) is 3.50. The lowest BCUT2D eigenvalue weighted by Crippen LogP contribution is -2.29. The van der Waals surface area contributed by atoms with E-state index < -0.39 is 0 Å². The molecule has 0 radical (unpaired) electrons. The van der Waals surface area contributed by atoms with Gasteiger partial charge in [-0.1, -0.05) is 0 Å². The SMILES string of the molecule is C#CCCNC(=O)COc1ccc(OCC)cc1. The summed E-state index contributed by atoms with van der Waals surface area (Å²) in [7, 11) is 0. The molecule has 0 aliphatic rings. The normalized spacial score (nSPS) is 9.33. The molecule has 0 fully saturated rings. The molecule has 0 spiro atoms. The van der Waals surface area contributed by atoms with Crippen LogP contribution in [0, 0.1) is 12.3 Å². The number of hydrogen-bond acceptors (Lipinski definition) is 3. The molecule has 1 aromatic rings. The van der Waals surface area contributed by atoms with E-state index in [9.17, 15) is 4.79 Å². The van der Waals surface area contributed by atoms with Crippen LogP contribution in [0.2, 0.25) is 0 Å². The third-order valence-corrected chi connectivity index (χ3v) is 2.10. The molecular formula is C14H17NO3. The summed E-state index contributed by atoms with van der Waals surface area (Å²) in [6.07, 6.45) is 5.60. The molecule has 1 amide bonds. The van der Waals surface area contributed by atoms with Gasteiger partial charge in [0.1, 0.15) is 11.5 Å². The molecule has 1 rings (SSSR count). The van der Waals surface area contributed by atoms with Crippen molar-refractivity contribution in [2.24, 2.45) is 0 Å². The second-order valence-electron chi connectivity index (χ2n) is 3.50. The van der Waals surface area contributed by atoms with Crippen LogP contribution in [0.15, 0.2) is 24.3 Å².